The molecule has 2 N–H and O–H groups in total. The first kappa shape index (κ1) is 19.8. The van der Waals surface area contributed by atoms with Gasteiger partial charge in [-0.25, -0.2) is 0 Å². The number of amides is 1. The number of H-pyrrole nitrogens is 1. The van der Waals surface area contributed by atoms with E-state index in [0.29, 0.717) is 6.54 Å². The molecule has 5 heteroatoms. The molecule has 0 aliphatic heterocycles. The molecule has 0 fully saturated rings. The Bertz CT molecular complexity index is 990. The normalized spacial score (nSPS) is 11.1. The molecule has 146 valence electrons. The van der Waals surface area contributed by atoms with Gasteiger partial charge >= 0.3 is 0 Å². The van der Waals surface area contributed by atoms with Crippen molar-refractivity contribution in [1.82, 2.24) is 9.88 Å². The van der Waals surface area contributed by atoms with Crippen molar-refractivity contribution >= 4 is 28.3 Å². The van der Waals surface area contributed by atoms with Crippen LogP contribution in [0.25, 0.3) is 10.9 Å². The monoisotopic (exact) mass is 377 g/mol. The molecule has 2 aromatic carbocycles. The Morgan fingerprint density at radius 2 is 1.71 bits per heavy atom. The zero-order chi connectivity index (χ0) is 20.1. The van der Waals surface area contributed by atoms with Crippen LogP contribution in [0.15, 0.2) is 48.5 Å². The molecule has 0 unspecified atom stereocenters. The molecule has 0 aliphatic carbocycles. The number of hydrogen-bond donors (Lipinski definition) is 2. The molecule has 1 amide bonds. The van der Waals surface area contributed by atoms with Gasteiger partial charge in [0.15, 0.2) is 5.78 Å². The Morgan fingerprint density at radius 3 is 2.46 bits per heavy atom. The molecule has 28 heavy (non-hydrogen) atoms. The summed E-state index contributed by atoms with van der Waals surface area (Å²) >= 11 is 0. The van der Waals surface area contributed by atoms with Crippen LogP contribution in [0.3, 0.4) is 0 Å². The van der Waals surface area contributed by atoms with E-state index in [9.17, 15) is 9.59 Å². The Balaban J connectivity index is 1.71. The summed E-state index contributed by atoms with van der Waals surface area (Å²) in [5, 5.41) is 3.89. The highest BCUT2D eigenvalue weighted by Gasteiger charge is 2.20. The summed E-state index contributed by atoms with van der Waals surface area (Å²) in [7, 11) is 0. The van der Waals surface area contributed by atoms with Gasteiger partial charge < -0.3 is 10.3 Å². The van der Waals surface area contributed by atoms with Crippen molar-refractivity contribution < 1.29 is 9.59 Å². The SMILES string of the molecule is CCCN(CC(=O)Nc1ccccc1C)CC(=O)c1c(C)[nH]c2ccccc12. The number of anilines is 1. The lowest BCUT2D eigenvalue weighted by atomic mass is 10.1. The molecular formula is C23H27N3O2. The molecule has 1 aromatic heterocycles. The van der Waals surface area contributed by atoms with Crippen LogP contribution in [0.5, 0.6) is 0 Å². The van der Waals surface area contributed by atoms with Crippen molar-refractivity contribution in [3.63, 3.8) is 0 Å². The number of Topliss-reactive ketones (excluding diaryl/α,β-unsaturated/α-hetero) is 1. The van der Waals surface area contributed by atoms with E-state index in [4.69, 9.17) is 0 Å². The molecule has 0 saturated carbocycles. The predicted octanol–water partition coefficient (Wildman–Crippen LogP) is 4.32. The van der Waals surface area contributed by atoms with Crippen LogP contribution >= 0.6 is 0 Å². The lowest BCUT2D eigenvalue weighted by Crippen LogP contribution is -2.37. The van der Waals surface area contributed by atoms with Crippen molar-refractivity contribution in [3.05, 3.63) is 65.4 Å². The molecule has 0 radical (unpaired) electrons. The molecule has 0 saturated heterocycles. The minimum absolute atomic E-state index is 0.0343. The fourth-order valence-electron chi connectivity index (χ4n) is 3.55. The average Bonchev–Trinajstić information content (AvgIpc) is 2.99. The van der Waals surface area contributed by atoms with Crippen molar-refractivity contribution in [2.45, 2.75) is 27.2 Å². The molecule has 3 aromatic rings. The molecular weight excluding hydrogens is 350 g/mol. The molecule has 0 aliphatic rings. The molecule has 5 nitrogen and oxygen atoms in total. The number of aromatic amines is 1. The van der Waals surface area contributed by atoms with Crippen LogP contribution in [0.2, 0.25) is 0 Å². The second kappa shape index (κ2) is 8.85. The third-order valence-corrected chi connectivity index (χ3v) is 4.87. The largest absolute Gasteiger partial charge is 0.358 e. The first-order valence-corrected chi connectivity index (χ1v) is 9.68. The second-order valence-corrected chi connectivity index (χ2v) is 7.17. The highest BCUT2D eigenvalue weighted by atomic mass is 16.2. The number of nitrogens with zero attached hydrogens (tertiary/aromatic N) is 1. The second-order valence-electron chi connectivity index (χ2n) is 7.17. The topological polar surface area (TPSA) is 65.2 Å². The Morgan fingerprint density at radius 1 is 1.00 bits per heavy atom. The Labute approximate surface area is 165 Å². The number of carbonyl (C=O) groups is 2. The number of fused-ring (bicyclic) bond motifs is 1. The number of benzene rings is 2. The lowest BCUT2D eigenvalue weighted by Gasteiger charge is -2.20. The van der Waals surface area contributed by atoms with Crippen LogP contribution in [-0.2, 0) is 4.79 Å². The maximum atomic E-state index is 13.0. The van der Waals surface area contributed by atoms with Gasteiger partial charge in [-0.05, 0) is 44.5 Å². The van der Waals surface area contributed by atoms with E-state index in [-0.39, 0.29) is 24.8 Å². The van der Waals surface area contributed by atoms with Crippen LogP contribution in [0.1, 0.15) is 35.0 Å². The van der Waals surface area contributed by atoms with Gasteiger partial charge in [0.05, 0.1) is 13.1 Å². The number of carbonyl (C=O) groups excluding carboxylic acids is 2. The number of rotatable bonds is 8. The zero-order valence-corrected chi connectivity index (χ0v) is 16.7. The van der Waals surface area contributed by atoms with Gasteiger partial charge in [0.1, 0.15) is 0 Å². The first-order valence-electron chi connectivity index (χ1n) is 9.68. The van der Waals surface area contributed by atoms with E-state index in [0.717, 1.165) is 39.8 Å². The average molecular weight is 377 g/mol. The van der Waals surface area contributed by atoms with Gasteiger partial charge in [-0.15, -0.1) is 0 Å². The van der Waals surface area contributed by atoms with E-state index < -0.39 is 0 Å². The van der Waals surface area contributed by atoms with Gasteiger partial charge in [-0.3, -0.25) is 14.5 Å². The summed E-state index contributed by atoms with van der Waals surface area (Å²) in [6.45, 7) is 7.03. The fourth-order valence-corrected chi connectivity index (χ4v) is 3.55. The summed E-state index contributed by atoms with van der Waals surface area (Å²) in [6.07, 6.45) is 0.873. The minimum Gasteiger partial charge on any atom is -0.358 e. The van der Waals surface area contributed by atoms with Crippen molar-refractivity contribution in [3.8, 4) is 0 Å². The third kappa shape index (κ3) is 4.49. The lowest BCUT2D eigenvalue weighted by molar-refractivity contribution is -0.117. The van der Waals surface area contributed by atoms with Gasteiger partial charge in [0.2, 0.25) is 5.91 Å². The summed E-state index contributed by atoms with van der Waals surface area (Å²) in [5.41, 5.74) is 4.37. The van der Waals surface area contributed by atoms with Crippen LogP contribution in [-0.4, -0.2) is 41.2 Å². The molecule has 1 heterocycles. The van der Waals surface area contributed by atoms with E-state index in [1.54, 1.807) is 0 Å². The smallest absolute Gasteiger partial charge is 0.238 e. The molecule has 0 atom stereocenters. The standard InChI is InChI=1S/C23H27N3O2/c1-4-13-26(15-22(28)25-19-11-7-5-9-16(19)2)14-21(27)23-17(3)24-20-12-8-6-10-18(20)23/h5-12,24H,4,13-15H2,1-3H3,(H,25,28). The van der Waals surface area contributed by atoms with Gasteiger partial charge in [-0.2, -0.15) is 0 Å². The van der Waals surface area contributed by atoms with Crippen molar-refractivity contribution in [2.24, 2.45) is 0 Å². The highest BCUT2D eigenvalue weighted by molar-refractivity contribution is 6.10. The zero-order valence-electron chi connectivity index (χ0n) is 16.7. The minimum atomic E-state index is -0.105. The van der Waals surface area contributed by atoms with E-state index in [1.165, 1.54) is 0 Å². The number of nitrogens with one attached hydrogen (secondary N) is 2. The summed E-state index contributed by atoms with van der Waals surface area (Å²) in [6, 6.07) is 15.5. The molecule has 3 rings (SSSR count). The summed E-state index contributed by atoms with van der Waals surface area (Å²) in [4.78, 5) is 30.7. The quantitative estimate of drug-likeness (QED) is 0.575. The van der Waals surface area contributed by atoms with Crippen molar-refractivity contribution in [2.75, 3.05) is 25.0 Å². The summed E-state index contributed by atoms with van der Waals surface area (Å²) < 4.78 is 0. The van der Waals surface area contributed by atoms with E-state index in [2.05, 4.69) is 10.3 Å². The number of hydrogen-bond acceptors (Lipinski definition) is 3. The van der Waals surface area contributed by atoms with Gasteiger partial charge in [-0.1, -0.05) is 43.3 Å². The maximum absolute atomic E-state index is 13.0. The Kier molecular flexibility index (Phi) is 6.26. The van der Waals surface area contributed by atoms with Crippen molar-refractivity contribution in [1.29, 1.82) is 0 Å². The fraction of sp³-hybridized carbons (Fsp3) is 0.304. The molecule has 0 spiro atoms. The predicted molar refractivity (Wildman–Crippen MR) is 114 cm³/mol. The number of para-hydroxylation sites is 2. The number of ketones is 1. The number of aryl methyl sites for hydroxylation is 2. The molecule has 0 bridgehead atoms. The maximum Gasteiger partial charge on any atom is 0.238 e. The highest BCUT2D eigenvalue weighted by Crippen LogP contribution is 2.22. The van der Waals surface area contributed by atoms with Gasteiger partial charge in [0.25, 0.3) is 0 Å². The summed E-state index contributed by atoms with van der Waals surface area (Å²) in [5.74, 6) is -0.0710. The Hall–Kier alpha value is -2.92. The number of aromatic nitrogens is 1. The van der Waals surface area contributed by atoms with Crippen LogP contribution < -0.4 is 5.32 Å². The van der Waals surface area contributed by atoms with E-state index in [1.807, 2.05) is 74.2 Å². The van der Waals surface area contributed by atoms with Crippen LogP contribution in [0.4, 0.5) is 5.69 Å². The third-order valence-electron chi connectivity index (χ3n) is 4.87. The van der Waals surface area contributed by atoms with Crippen LogP contribution in [0, 0.1) is 13.8 Å². The van der Waals surface area contributed by atoms with E-state index >= 15 is 0 Å². The first-order chi connectivity index (χ1) is 13.5. The van der Waals surface area contributed by atoms with Gasteiger partial charge in [0, 0.05) is 27.8 Å².